The summed E-state index contributed by atoms with van der Waals surface area (Å²) in [6, 6.07) is 4.81. The highest BCUT2D eigenvalue weighted by Crippen LogP contribution is 2.20. The third-order valence-electron chi connectivity index (χ3n) is 2.39. The van der Waals surface area contributed by atoms with Crippen LogP contribution in [0.5, 0.6) is 0 Å². The van der Waals surface area contributed by atoms with Crippen molar-refractivity contribution in [3.63, 3.8) is 0 Å². The first-order chi connectivity index (χ1) is 9.20. The number of ether oxygens (including phenoxy) is 1. The molecule has 0 saturated heterocycles. The molecule has 0 radical (unpaired) electrons. The highest BCUT2D eigenvalue weighted by molar-refractivity contribution is 5.92. The van der Waals surface area contributed by atoms with Crippen LogP contribution in [-0.4, -0.2) is 47.5 Å². The minimum absolute atomic E-state index is 0.0130. The van der Waals surface area contributed by atoms with Crippen molar-refractivity contribution in [2.24, 2.45) is 0 Å². The van der Waals surface area contributed by atoms with E-state index in [-0.39, 0.29) is 18.8 Å². The van der Waals surface area contributed by atoms with E-state index < -0.39 is 5.97 Å². The minimum atomic E-state index is -1.01. The van der Waals surface area contributed by atoms with Gasteiger partial charge in [-0.1, -0.05) is 0 Å². The van der Waals surface area contributed by atoms with Crippen LogP contribution in [0, 0.1) is 0 Å². The first-order valence-electron chi connectivity index (χ1n) is 5.77. The topological polar surface area (TPSA) is 105 Å². The van der Waals surface area contributed by atoms with Crippen molar-refractivity contribution in [3.05, 3.63) is 23.8 Å². The number of rotatable bonds is 7. The Morgan fingerprint density at radius 2 is 2.26 bits per heavy atom. The van der Waals surface area contributed by atoms with Gasteiger partial charge in [-0.2, -0.15) is 4.98 Å². The van der Waals surface area contributed by atoms with E-state index in [2.05, 4.69) is 10.3 Å². The van der Waals surface area contributed by atoms with Crippen LogP contribution in [0.1, 0.15) is 10.4 Å². The van der Waals surface area contributed by atoms with E-state index in [4.69, 9.17) is 19.4 Å². The van der Waals surface area contributed by atoms with Gasteiger partial charge >= 0.3 is 5.97 Å². The Balaban J connectivity index is 1.99. The minimum Gasteiger partial charge on any atom is -0.478 e. The summed E-state index contributed by atoms with van der Waals surface area (Å²) in [5.74, 6) is -1.01. The van der Waals surface area contributed by atoms with Crippen molar-refractivity contribution in [1.29, 1.82) is 0 Å². The van der Waals surface area contributed by atoms with E-state index >= 15 is 0 Å². The molecule has 0 aliphatic carbocycles. The molecule has 7 heteroatoms. The van der Waals surface area contributed by atoms with Crippen molar-refractivity contribution in [2.45, 2.75) is 0 Å². The van der Waals surface area contributed by atoms with Gasteiger partial charge in [-0.25, -0.2) is 4.79 Å². The Bertz CT molecular complexity index is 566. The monoisotopic (exact) mass is 266 g/mol. The Morgan fingerprint density at radius 3 is 3.00 bits per heavy atom. The van der Waals surface area contributed by atoms with Gasteiger partial charge < -0.3 is 24.7 Å². The standard InChI is InChI=1S/C12H14N2O5/c15-4-6-18-5-3-13-12-14-9-2-1-8(11(16)17)7-10(9)19-12/h1-2,7,15H,3-6H2,(H,13,14)(H,16,17). The molecule has 0 aliphatic heterocycles. The quantitative estimate of drug-likeness (QED) is 0.640. The second-order valence-corrected chi connectivity index (χ2v) is 3.77. The van der Waals surface area contributed by atoms with Crippen LogP contribution in [0.3, 0.4) is 0 Å². The number of aromatic carboxylic acids is 1. The number of nitrogens with zero attached hydrogens (tertiary/aromatic N) is 1. The Morgan fingerprint density at radius 1 is 1.42 bits per heavy atom. The van der Waals surface area contributed by atoms with E-state index in [0.29, 0.717) is 30.3 Å². The summed E-state index contributed by atoms with van der Waals surface area (Å²) in [4.78, 5) is 15.0. The average molecular weight is 266 g/mol. The van der Waals surface area contributed by atoms with Gasteiger partial charge in [-0.05, 0) is 18.2 Å². The highest BCUT2D eigenvalue weighted by atomic mass is 16.5. The number of oxazole rings is 1. The molecule has 2 aromatic rings. The van der Waals surface area contributed by atoms with Gasteiger partial charge in [0, 0.05) is 6.54 Å². The van der Waals surface area contributed by atoms with Gasteiger partial charge in [0.05, 0.1) is 25.4 Å². The normalized spacial score (nSPS) is 10.8. The fraction of sp³-hybridized carbons (Fsp3) is 0.333. The molecule has 1 aromatic carbocycles. The molecule has 0 saturated carbocycles. The molecule has 0 atom stereocenters. The van der Waals surface area contributed by atoms with Gasteiger partial charge in [-0.3, -0.25) is 0 Å². The van der Waals surface area contributed by atoms with Gasteiger partial charge in [-0.15, -0.1) is 0 Å². The zero-order chi connectivity index (χ0) is 13.7. The number of hydrogen-bond acceptors (Lipinski definition) is 6. The fourth-order valence-electron chi connectivity index (χ4n) is 1.53. The molecule has 0 unspecified atom stereocenters. The number of benzene rings is 1. The number of hydrogen-bond donors (Lipinski definition) is 3. The van der Waals surface area contributed by atoms with Crippen LogP contribution in [0.15, 0.2) is 22.6 Å². The maximum Gasteiger partial charge on any atom is 0.335 e. The lowest BCUT2D eigenvalue weighted by atomic mass is 10.2. The number of carbonyl (C=O) groups is 1. The number of anilines is 1. The molecule has 1 heterocycles. The summed E-state index contributed by atoms with van der Waals surface area (Å²) in [5.41, 5.74) is 1.16. The first kappa shape index (κ1) is 13.3. The zero-order valence-corrected chi connectivity index (χ0v) is 10.1. The Labute approximate surface area is 108 Å². The lowest BCUT2D eigenvalue weighted by Crippen LogP contribution is -2.11. The summed E-state index contributed by atoms with van der Waals surface area (Å²) in [7, 11) is 0. The van der Waals surface area contributed by atoms with Crippen molar-refractivity contribution >= 4 is 23.1 Å². The average Bonchev–Trinajstić information content (AvgIpc) is 2.80. The van der Waals surface area contributed by atoms with E-state index in [0.717, 1.165) is 0 Å². The lowest BCUT2D eigenvalue weighted by Gasteiger charge is -2.01. The molecule has 0 amide bonds. The summed E-state index contributed by atoms with van der Waals surface area (Å²) < 4.78 is 10.4. The second-order valence-electron chi connectivity index (χ2n) is 3.77. The number of fused-ring (bicyclic) bond motifs is 1. The number of nitrogens with one attached hydrogen (secondary N) is 1. The molecule has 0 bridgehead atoms. The highest BCUT2D eigenvalue weighted by Gasteiger charge is 2.09. The molecule has 1 aromatic heterocycles. The van der Waals surface area contributed by atoms with E-state index in [1.807, 2.05) is 0 Å². The van der Waals surface area contributed by atoms with Gasteiger partial charge in [0.15, 0.2) is 5.58 Å². The van der Waals surface area contributed by atoms with Crippen molar-refractivity contribution in [1.82, 2.24) is 4.98 Å². The predicted molar refractivity (Wildman–Crippen MR) is 67.4 cm³/mol. The van der Waals surface area contributed by atoms with Gasteiger partial charge in [0.1, 0.15) is 5.52 Å². The van der Waals surface area contributed by atoms with Crippen LogP contribution in [-0.2, 0) is 4.74 Å². The van der Waals surface area contributed by atoms with E-state index in [1.54, 1.807) is 6.07 Å². The summed E-state index contributed by atoms with van der Waals surface area (Å²) in [6.45, 7) is 1.18. The predicted octanol–water partition coefficient (Wildman–Crippen LogP) is 0.947. The molecule has 0 aliphatic rings. The smallest absolute Gasteiger partial charge is 0.335 e. The molecular formula is C12H14N2O5. The van der Waals surface area contributed by atoms with Crippen LogP contribution < -0.4 is 5.32 Å². The molecule has 0 fully saturated rings. The van der Waals surface area contributed by atoms with Crippen LogP contribution in [0.25, 0.3) is 11.1 Å². The number of carboxylic acid groups (broad SMARTS) is 1. The summed E-state index contributed by atoms with van der Waals surface area (Å²) >= 11 is 0. The maximum absolute atomic E-state index is 10.8. The summed E-state index contributed by atoms with van der Waals surface area (Å²) in [6.07, 6.45) is 0. The largest absolute Gasteiger partial charge is 0.478 e. The molecule has 102 valence electrons. The van der Waals surface area contributed by atoms with Crippen molar-refractivity contribution in [2.75, 3.05) is 31.7 Å². The van der Waals surface area contributed by atoms with Gasteiger partial charge in [0.25, 0.3) is 6.01 Å². The van der Waals surface area contributed by atoms with Crippen molar-refractivity contribution in [3.8, 4) is 0 Å². The molecule has 2 rings (SSSR count). The summed E-state index contributed by atoms with van der Waals surface area (Å²) in [5, 5.41) is 20.3. The number of aliphatic hydroxyl groups excluding tert-OH is 1. The third kappa shape index (κ3) is 3.43. The Hall–Kier alpha value is -2.12. The van der Waals surface area contributed by atoms with Gasteiger partial charge in [0.2, 0.25) is 0 Å². The maximum atomic E-state index is 10.8. The van der Waals surface area contributed by atoms with Crippen LogP contribution in [0.4, 0.5) is 6.01 Å². The molecule has 7 nitrogen and oxygen atoms in total. The Kier molecular flexibility index (Phi) is 4.32. The molecule has 0 spiro atoms. The number of aromatic nitrogens is 1. The SMILES string of the molecule is O=C(O)c1ccc2nc(NCCOCCO)oc2c1. The fourth-order valence-corrected chi connectivity index (χ4v) is 1.53. The van der Waals surface area contributed by atoms with E-state index in [9.17, 15) is 4.79 Å². The lowest BCUT2D eigenvalue weighted by molar-refractivity contribution is 0.0697. The molecule has 19 heavy (non-hydrogen) atoms. The van der Waals surface area contributed by atoms with E-state index in [1.165, 1.54) is 12.1 Å². The number of aliphatic hydroxyl groups is 1. The van der Waals surface area contributed by atoms with Crippen LogP contribution in [0.2, 0.25) is 0 Å². The molecular weight excluding hydrogens is 252 g/mol. The zero-order valence-electron chi connectivity index (χ0n) is 10.1. The third-order valence-corrected chi connectivity index (χ3v) is 2.39. The van der Waals surface area contributed by atoms with Crippen molar-refractivity contribution < 1.29 is 24.2 Å². The first-order valence-corrected chi connectivity index (χ1v) is 5.77. The molecule has 3 N–H and O–H groups in total. The number of carboxylic acids is 1. The second kappa shape index (κ2) is 6.17. The van der Waals surface area contributed by atoms with Crippen LogP contribution >= 0.6 is 0 Å².